The third kappa shape index (κ3) is 3.76. The number of nitrogens with one attached hydrogen (secondary N) is 1. The van der Waals surface area contributed by atoms with Crippen LogP contribution in [0, 0.1) is 11.3 Å². The molecule has 1 heterocycles. The first-order valence-electron chi connectivity index (χ1n) is 9.04. The van der Waals surface area contributed by atoms with Gasteiger partial charge in [0.15, 0.2) is 0 Å². The van der Waals surface area contributed by atoms with Crippen molar-refractivity contribution in [1.29, 1.82) is 5.26 Å². The van der Waals surface area contributed by atoms with E-state index in [1.165, 1.54) is 35.9 Å². The van der Waals surface area contributed by atoms with Crippen LogP contribution in [0.2, 0.25) is 0 Å². The van der Waals surface area contributed by atoms with Gasteiger partial charge in [0.2, 0.25) is 0 Å². The molecule has 1 aliphatic rings. The molecule has 0 saturated carbocycles. The highest BCUT2D eigenvalue weighted by molar-refractivity contribution is 6.07. The molecule has 0 unspecified atom stereocenters. The topological polar surface area (TPSA) is 96.3 Å². The molecule has 1 amide bonds. The minimum Gasteiger partial charge on any atom is -0.545 e. The number of anilines is 2. The Morgan fingerprint density at radius 3 is 2.38 bits per heavy atom. The molecule has 0 spiro atoms. The number of para-hydroxylation sites is 1. The van der Waals surface area contributed by atoms with Gasteiger partial charge in [0.25, 0.3) is 5.91 Å². The summed E-state index contributed by atoms with van der Waals surface area (Å²) in [5.74, 6) is -1.86. The standard InChI is InChI=1S/C23H21N3O3/c1-23(2)18-6-4-5-7-19(18)26(3)20(23)13-10-16(14-24)21(27)25-17-11-8-15(9-12-17)22(28)29/h4-13H,1-3H3,(H,25,27)(H,28,29)/p-1/b16-10+,20-13-. The number of aromatic carboxylic acids is 1. The van der Waals surface area contributed by atoms with Crippen LogP contribution in [0.3, 0.4) is 0 Å². The van der Waals surface area contributed by atoms with Crippen LogP contribution in [0.15, 0.2) is 72.0 Å². The first-order chi connectivity index (χ1) is 13.8. The number of hydrogen-bond acceptors (Lipinski definition) is 5. The van der Waals surface area contributed by atoms with Gasteiger partial charge >= 0.3 is 0 Å². The maximum Gasteiger partial charge on any atom is 0.266 e. The number of hydrogen-bond donors (Lipinski definition) is 1. The fourth-order valence-electron chi connectivity index (χ4n) is 3.52. The van der Waals surface area contributed by atoms with Gasteiger partial charge in [0.05, 0.1) is 5.97 Å². The average molecular weight is 386 g/mol. The van der Waals surface area contributed by atoms with Crippen molar-refractivity contribution in [1.82, 2.24) is 0 Å². The zero-order valence-electron chi connectivity index (χ0n) is 16.4. The second-order valence-electron chi connectivity index (χ2n) is 7.26. The number of carbonyl (C=O) groups is 2. The number of carboxylic acid groups (broad SMARTS) is 1. The van der Waals surface area contributed by atoms with Gasteiger partial charge in [-0.25, -0.2) is 0 Å². The van der Waals surface area contributed by atoms with Crippen molar-refractivity contribution in [3.8, 4) is 6.07 Å². The Morgan fingerprint density at radius 1 is 1.14 bits per heavy atom. The zero-order chi connectivity index (χ0) is 21.2. The Kier molecular flexibility index (Phi) is 5.24. The quantitative estimate of drug-likeness (QED) is 0.644. The molecule has 0 radical (unpaired) electrons. The van der Waals surface area contributed by atoms with E-state index in [1.807, 2.05) is 31.3 Å². The van der Waals surface area contributed by atoms with Crippen LogP contribution in [0.1, 0.15) is 29.8 Å². The van der Waals surface area contributed by atoms with E-state index in [-0.39, 0.29) is 16.6 Å². The molecular formula is C23H20N3O3-. The third-order valence-corrected chi connectivity index (χ3v) is 5.09. The third-order valence-electron chi connectivity index (χ3n) is 5.09. The molecule has 1 N–H and O–H groups in total. The minimum atomic E-state index is -1.29. The van der Waals surface area contributed by atoms with Crippen molar-refractivity contribution >= 4 is 23.3 Å². The van der Waals surface area contributed by atoms with E-state index in [2.05, 4.69) is 30.1 Å². The van der Waals surface area contributed by atoms with Crippen molar-refractivity contribution in [3.05, 3.63) is 83.1 Å². The van der Waals surface area contributed by atoms with Crippen LogP contribution in [-0.4, -0.2) is 18.9 Å². The molecule has 1 aliphatic heterocycles. The summed E-state index contributed by atoms with van der Waals surface area (Å²) in [6, 6.07) is 15.6. The van der Waals surface area contributed by atoms with Crippen LogP contribution >= 0.6 is 0 Å². The number of benzene rings is 2. The summed E-state index contributed by atoms with van der Waals surface area (Å²) in [6.07, 6.45) is 3.29. The fourth-order valence-corrected chi connectivity index (χ4v) is 3.52. The van der Waals surface area contributed by atoms with E-state index in [0.29, 0.717) is 5.69 Å². The second-order valence-corrected chi connectivity index (χ2v) is 7.26. The number of carbonyl (C=O) groups excluding carboxylic acids is 2. The van der Waals surface area contributed by atoms with E-state index in [9.17, 15) is 20.0 Å². The van der Waals surface area contributed by atoms with Gasteiger partial charge in [-0.1, -0.05) is 44.2 Å². The largest absolute Gasteiger partial charge is 0.545 e. The number of nitrogens with zero attached hydrogens (tertiary/aromatic N) is 2. The lowest BCUT2D eigenvalue weighted by Gasteiger charge is -2.23. The van der Waals surface area contributed by atoms with Gasteiger partial charge in [-0.05, 0) is 41.5 Å². The Hall–Kier alpha value is -3.85. The molecule has 0 bridgehead atoms. The summed E-state index contributed by atoms with van der Waals surface area (Å²) in [6.45, 7) is 4.19. The van der Waals surface area contributed by atoms with E-state index in [4.69, 9.17) is 0 Å². The van der Waals surface area contributed by atoms with Crippen molar-refractivity contribution < 1.29 is 14.7 Å². The fraction of sp³-hybridized carbons (Fsp3) is 0.174. The maximum absolute atomic E-state index is 12.5. The van der Waals surface area contributed by atoms with Crippen molar-refractivity contribution in [2.24, 2.45) is 0 Å². The number of allylic oxidation sites excluding steroid dienone is 3. The molecule has 2 aromatic carbocycles. The molecule has 0 aliphatic carbocycles. The summed E-state index contributed by atoms with van der Waals surface area (Å²) >= 11 is 0. The maximum atomic E-state index is 12.5. The molecule has 6 heteroatoms. The van der Waals surface area contributed by atoms with Crippen molar-refractivity contribution in [2.45, 2.75) is 19.3 Å². The number of nitriles is 1. The summed E-state index contributed by atoms with van der Waals surface area (Å²) in [5, 5.41) is 22.8. The smallest absolute Gasteiger partial charge is 0.266 e. The van der Waals surface area contributed by atoms with Crippen molar-refractivity contribution in [3.63, 3.8) is 0 Å². The Labute approximate surface area is 169 Å². The molecule has 29 heavy (non-hydrogen) atoms. The van der Waals surface area contributed by atoms with Gasteiger partial charge < -0.3 is 20.1 Å². The average Bonchev–Trinajstić information content (AvgIpc) is 2.89. The van der Waals surface area contributed by atoms with E-state index in [0.717, 1.165) is 11.4 Å². The number of carboxylic acids is 1. The SMILES string of the molecule is CN1/C(=C\C=C(/C#N)C(=O)Nc2ccc(C(=O)[O-])cc2)C(C)(C)c2ccccc21. The summed E-state index contributed by atoms with van der Waals surface area (Å²) in [7, 11) is 1.96. The molecule has 0 fully saturated rings. The molecule has 6 nitrogen and oxygen atoms in total. The normalized spacial score (nSPS) is 16.3. The van der Waals surface area contributed by atoms with Crippen LogP contribution in [0.5, 0.6) is 0 Å². The Morgan fingerprint density at radius 2 is 1.79 bits per heavy atom. The lowest BCUT2D eigenvalue weighted by Crippen LogP contribution is -2.23. The van der Waals surface area contributed by atoms with Gasteiger partial charge in [0.1, 0.15) is 11.6 Å². The lowest BCUT2D eigenvalue weighted by molar-refractivity contribution is -0.255. The van der Waals surface area contributed by atoms with Crippen molar-refractivity contribution in [2.75, 3.05) is 17.3 Å². The zero-order valence-corrected chi connectivity index (χ0v) is 16.4. The van der Waals surface area contributed by atoms with E-state index >= 15 is 0 Å². The highest BCUT2D eigenvalue weighted by Gasteiger charge is 2.37. The number of rotatable bonds is 4. The Balaban J connectivity index is 1.84. The van der Waals surface area contributed by atoms with E-state index < -0.39 is 11.9 Å². The predicted octanol–water partition coefficient (Wildman–Crippen LogP) is 2.75. The van der Waals surface area contributed by atoms with Crippen LogP contribution in [0.25, 0.3) is 0 Å². The van der Waals surface area contributed by atoms with Gasteiger partial charge in [0, 0.05) is 29.5 Å². The van der Waals surface area contributed by atoms with Gasteiger partial charge in [-0.2, -0.15) is 5.26 Å². The van der Waals surface area contributed by atoms with Crippen LogP contribution in [-0.2, 0) is 10.2 Å². The van der Waals surface area contributed by atoms with Crippen LogP contribution in [0.4, 0.5) is 11.4 Å². The monoisotopic (exact) mass is 386 g/mol. The minimum absolute atomic E-state index is 0.00912. The number of amides is 1. The molecular weight excluding hydrogens is 366 g/mol. The summed E-state index contributed by atoms with van der Waals surface area (Å²) in [5.41, 5.74) is 3.32. The lowest BCUT2D eigenvalue weighted by atomic mass is 9.83. The highest BCUT2D eigenvalue weighted by atomic mass is 16.4. The van der Waals surface area contributed by atoms with Gasteiger partial charge in [-0.3, -0.25) is 4.79 Å². The van der Waals surface area contributed by atoms with Gasteiger partial charge in [-0.15, -0.1) is 0 Å². The molecule has 0 atom stereocenters. The van der Waals surface area contributed by atoms with E-state index in [1.54, 1.807) is 6.08 Å². The molecule has 2 aromatic rings. The predicted molar refractivity (Wildman–Crippen MR) is 109 cm³/mol. The molecule has 3 rings (SSSR count). The highest BCUT2D eigenvalue weighted by Crippen LogP contribution is 2.46. The number of likely N-dealkylation sites (N-methyl/N-ethyl adjacent to an activating group) is 1. The van der Waals surface area contributed by atoms with Crippen LogP contribution < -0.4 is 15.3 Å². The molecule has 146 valence electrons. The number of fused-ring (bicyclic) bond motifs is 1. The Bertz CT molecular complexity index is 1070. The first kappa shape index (κ1) is 19.9. The molecule has 0 aromatic heterocycles. The first-order valence-corrected chi connectivity index (χ1v) is 9.04. The summed E-state index contributed by atoms with van der Waals surface area (Å²) < 4.78 is 0. The second kappa shape index (κ2) is 7.64. The summed E-state index contributed by atoms with van der Waals surface area (Å²) in [4.78, 5) is 25.3. The molecule has 0 saturated heterocycles.